The minimum Gasteiger partial charge on any atom is -0.461 e. The Morgan fingerprint density at radius 1 is 1.14 bits per heavy atom. The van der Waals surface area contributed by atoms with E-state index in [1.165, 1.54) is 17.3 Å². The van der Waals surface area contributed by atoms with Gasteiger partial charge < -0.3 is 20.3 Å². The van der Waals surface area contributed by atoms with E-state index in [2.05, 4.69) is 26.5 Å². The highest BCUT2D eigenvalue weighted by Gasteiger charge is 2.53. The van der Waals surface area contributed by atoms with Crippen LogP contribution in [0.25, 0.3) is 32.1 Å². The Morgan fingerprint density at radius 3 is 2.66 bits per heavy atom. The van der Waals surface area contributed by atoms with E-state index in [0.717, 1.165) is 56.5 Å². The van der Waals surface area contributed by atoms with Crippen molar-refractivity contribution < 1.29 is 18.3 Å². The molecule has 5 aliphatic rings. The van der Waals surface area contributed by atoms with Crippen LogP contribution >= 0.6 is 22.9 Å². The van der Waals surface area contributed by atoms with Crippen molar-refractivity contribution in [3.05, 3.63) is 40.4 Å². The third-order valence-electron chi connectivity index (χ3n) is 11.3. The van der Waals surface area contributed by atoms with Crippen LogP contribution in [0.4, 0.5) is 24.4 Å². The van der Waals surface area contributed by atoms with E-state index in [0.29, 0.717) is 50.4 Å². The summed E-state index contributed by atoms with van der Waals surface area (Å²) in [5, 5.41) is 16.1. The van der Waals surface area contributed by atoms with Gasteiger partial charge in [0.15, 0.2) is 5.82 Å². The van der Waals surface area contributed by atoms with Gasteiger partial charge in [-0.25, -0.2) is 19.0 Å². The van der Waals surface area contributed by atoms with Gasteiger partial charge in [-0.2, -0.15) is 20.3 Å². The van der Waals surface area contributed by atoms with Crippen molar-refractivity contribution in [2.24, 2.45) is 5.10 Å². The van der Waals surface area contributed by atoms with Gasteiger partial charge in [-0.3, -0.25) is 4.90 Å². The average molecular weight is 719 g/mol. The Labute approximate surface area is 295 Å². The van der Waals surface area contributed by atoms with Gasteiger partial charge in [0.25, 0.3) is 0 Å². The number of nitrogens with one attached hydrogen (secondary N) is 1. The second-order valence-electron chi connectivity index (χ2n) is 13.8. The van der Waals surface area contributed by atoms with Crippen LogP contribution in [0.1, 0.15) is 44.1 Å². The van der Waals surface area contributed by atoms with Crippen LogP contribution < -0.4 is 20.8 Å². The molecule has 1 spiro atoms. The Morgan fingerprint density at radius 2 is 1.94 bits per heavy atom. The number of anilines is 2. The molecule has 1 unspecified atom stereocenters. The van der Waals surface area contributed by atoms with Gasteiger partial charge in [0.2, 0.25) is 0 Å². The van der Waals surface area contributed by atoms with Crippen LogP contribution in [0.3, 0.4) is 0 Å². The summed E-state index contributed by atoms with van der Waals surface area (Å²) in [7, 11) is 0. The standard InChI is InChI=1S/C34H33ClF2N10O2S/c35-22-15-20-27(26(37)25(22)19-3-4-23(36)28-24(19)21(16-38)29(39)50-28)42-31(49-18-34-5-1-11-45(34)12-2-6-34)43-30(20)44-13-7-33(17-44)8-14-46(33)32(48)47-40-9-10-41-47/h3-4,9,15,41H,1-2,5-8,10-14,17-18,39H2. The second kappa shape index (κ2) is 11.6. The van der Waals surface area contributed by atoms with E-state index in [1.54, 1.807) is 12.3 Å². The highest BCUT2D eigenvalue weighted by Crippen LogP contribution is 2.47. The molecule has 4 aromatic rings. The number of halogens is 3. The first-order chi connectivity index (χ1) is 24.2. The predicted molar refractivity (Wildman–Crippen MR) is 187 cm³/mol. The van der Waals surface area contributed by atoms with Gasteiger partial charge in [0.05, 0.1) is 32.9 Å². The van der Waals surface area contributed by atoms with Crippen molar-refractivity contribution in [1.29, 1.82) is 5.26 Å². The van der Waals surface area contributed by atoms with Crippen molar-refractivity contribution in [2.75, 3.05) is 56.5 Å². The fourth-order valence-corrected chi connectivity index (χ4v) is 9.95. The molecule has 0 radical (unpaired) electrons. The maximum Gasteiger partial charge on any atom is 0.356 e. The second-order valence-corrected chi connectivity index (χ2v) is 15.2. The summed E-state index contributed by atoms with van der Waals surface area (Å²) in [4.78, 5) is 29.2. The lowest BCUT2D eigenvalue weighted by Crippen LogP contribution is -2.66. The van der Waals surface area contributed by atoms with Gasteiger partial charge in [-0.15, -0.1) is 16.5 Å². The number of aromatic nitrogens is 2. The zero-order valence-electron chi connectivity index (χ0n) is 27.0. The van der Waals surface area contributed by atoms with Crippen molar-refractivity contribution >= 4 is 67.0 Å². The number of nitriles is 1. The van der Waals surface area contributed by atoms with Gasteiger partial charge in [0.1, 0.15) is 34.8 Å². The summed E-state index contributed by atoms with van der Waals surface area (Å²) in [6.45, 7) is 4.55. The molecule has 12 nitrogen and oxygen atoms in total. The SMILES string of the molecule is N#Cc1c(N)sc2c(F)ccc(-c3c(Cl)cc4c(N5CCC6(CCN6C(=O)N6N=CCN6)C5)nc(OCC56CCCN5CCC6)nc4c3F)c12. The number of likely N-dealkylation sites (tertiary alicyclic amines) is 1. The molecule has 258 valence electrons. The molecule has 2 aromatic carbocycles. The first-order valence-corrected chi connectivity index (χ1v) is 18.0. The van der Waals surface area contributed by atoms with Crippen LogP contribution in [0.2, 0.25) is 5.02 Å². The molecular weight excluding hydrogens is 686 g/mol. The number of carbonyl (C=O) groups excluding carboxylic acids is 1. The minimum absolute atomic E-state index is 0.00567. The maximum absolute atomic E-state index is 17.1. The van der Waals surface area contributed by atoms with Gasteiger partial charge >= 0.3 is 12.0 Å². The van der Waals surface area contributed by atoms with Crippen LogP contribution in [-0.2, 0) is 0 Å². The van der Waals surface area contributed by atoms with Gasteiger partial charge in [-0.1, -0.05) is 17.7 Å². The number of urea groups is 1. The number of nitrogen functional groups attached to an aromatic ring is 1. The smallest absolute Gasteiger partial charge is 0.356 e. The first-order valence-electron chi connectivity index (χ1n) is 16.8. The summed E-state index contributed by atoms with van der Waals surface area (Å²) >= 11 is 7.84. The number of fused-ring (bicyclic) bond motifs is 3. The molecule has 16 heteroatoms. The Hall–Kier alpha value is -4.36. The third kappa shape index (κ3) is 4.65. The Bertz CT molecular complexity index is 2160. The fourth-order valence-electron chi connectivity index (χ4n) is 8.70. The van der Waals surface area contributed by atoms with Gasteiger partial charge in [-0.05, 0) is 69.3 Å². The topological polar surface area (TPSA) is 139 Å². The molecule has 5 aliphatic heterocycles. The van der Waals surface area contributed by atoms with Crippen LogP contribution in [0, 0.1) is 23.0 Å². The lowest BCUT2D eigenvalue weighted by Gasteiger charge is -2.50. The molecule has 2 amide bonds. The summed E-state index contributed by atoms with van der Waals surface area (Å²) in [6.07, 6.45) is 7.36. The Balaban J connectivity index is 1.15. The molecule has 0 aliphatic carbocycles. The van der Waals surface area contributed by atoms with E-state index in [-0.39, 0.29) is 59.9 Å². The highest BCUT2D eigenvalue weighted by molar-refractivity contribution is 7.23. The predicted octanol–water partition coefficient (Wildman–Crippen LogP) is 5.48. The van der Waals surface area contributed by atoms with E-state index in [1.807, 2.05) is 9.80 Å². The van der Waals surface area contributed by atoms with E-state index in [4.69, 9.17) is 27.1 Å². The molecule has 0 saturated carbocycles. The number of amides is 2. The first kappa shape index (κ1) is 31.6. The monoisotopic (exact) mass is 718 g/mol. The van der Waals surface area contributed by atoms with E-state index in [9.17, 15) is 14.4 Å². The lowest BCUT2D eigenvalue weighted by molar-refractivity contribution is 0.0171. The largest absolute Gasteiger partial charge is 0.461 e. The third-order valence-corrected chi connectivity index (χ3v) is 12.6. The summed E-state index contributed by atoms with van der Waals surface area (Å²) in [5.41, 5.74) is 8.82. The van der Waals surface area contributed by atoms with Gasteiger partial charge in [0, 0.05) is 42.2 Å². The number of ether oxygens (including phenoxy) is 1. The number of carbonyl (C=O) groups is 1. The number of benzene rings is 2. The molecule has 2 aromatic heterocycles. The zero-order chi connectivity index (χ0) is 34.4. The molecular formula is C34H33ClF2N10O2S. The van der Waals surface area contributed by atoms with Crippen LogP contribution in [0.5, 0.6) is 6.01 Å². The minimum atomic E-state index is -0.739. The molecule has 4 fully saturated rings. The lowest BCUT2D eigenvalue weighted by atomic mass is 9.84. The summed E-state index contributed by atoms with van der Waals surface area (Å²) in [5.74, 6) is -0.846. The normalized spacial score (nSPS) is 22.6. The number of hydrazine groups is 1. The maximum atomic E-state index is 17.1. The molecule has 4 saturated heterocycles. The highest BCUT2D eigenvalue weighted by atomic mass is 35.5. The van der Waals surface area contributed by atoms with Crippen molar-refractivity contribution in [1.82, 2.24) is 30.3 Å². The summed E-state index contributed by atoms with van der Waals surface area (Å²) < 4.78 is 38.6. The summed E-state index contributed by atoms with van der Waals surface area (Å²) in [6, 6.07) is 6.15. The number of rotatable bonds is 5. The Kier molecular flexibility index (Phi) is 7.33. The molecule has 3 N–H and O–H groups in total. The van der Waals surface area contributed by atoms with E-state index >= 15 is 4.39 Å². The number of nitrogens with two attached hydrogens (primary N) is 1. The zero-order valence-corrected chi connectivity index (χ0v) is 28.6. The number of hydrogen-bond acceptors (Lipinski definition) is 11. The molecule has 9 rings (SSSR count). The number of hydrazone groups is 1. The van der Waals surface area contributed by atoms with Crippen molar-refractivity contribution in [2.45, 2.75) is 49.6 Å². The number of nitrogens with zero attached hydrogens (tertiary/aromatic N) is 8. The van der Waals surface area contributed by atoms with Crippen LogP contribution in [0.15, 0.2) is 23.3 Å². The number of thiophene rings is 1. The molecule has 7 heterocycles. The average Bonchev–Trinajstić information content (AvgIpc) is 3.93. The quantitative estimate of drug-likeness (QED) is 0.275. The number of hydrogen-bond donors (Lipinski definition) is 2. The molecule has 50 heavy (non-hydrogen) atoms. The van der Waals surface area contributed by atoms with E-state index < -0.39 is 17.2 Å². The fraction of sp³-hybridized carbons (Fsp3) is 0.441. The molecule has 0 bridgehead atoms. The van der Waals surface area contributed by atoms with Crippen molar-refractivity contribution in [3.63, 3.8) is 0 Å². The molecule has 1 atom stereocenters. The van der Waals surface area contributed by atoms with Crippen molar-refractivity contribution in [3.8, 4) is 23.2 Å². The van der Waals surface area contributed by atoms with Crippen LogP contribution in [-0.4, -0.2) is 94.1 Å².